The second-order valence-corrected chi connectivity index (χ2v) is 5.67. The molecule has 0 spiro atoms. The van der Waals surface area contributed by atoms with Crippen molar-refractivity contribution >= 4 is 5.97 Å². The number of rotatable bonds is 3. The summed E-state index contributed by atoms with van der Waals surface area (Å²) in [5.41, 5.74) is -0.360. The Kier molecular flexibility index (Phi) is 4.78. The van der Waals surface area contributed by atoms with E-state index in [1.165, 1.54) is 0 Å². The molecule has 0 N–H and O–H groups in total. The van der Waals surface area contributed by atoms with E-state index in [0.29, 0.717) is 18.4 Å². The van der Waals surface area contributed by atoms with E-state index in [-0.39, 0.29) is 11.6 Å². The lowest BCUT2D eigenvalue weighted by molar-refractivity contribution is -0.156. The van der Waals surface area contributed by atoms with Crippen molar-refractivity contribution in [2.24, 2.45) is 5.92 Å². The molecule has 0 bridgehead atoms. The Bertz CT molecular complexity index is 222. The first-order chi connectivity index (χ1) is 7.40. The molecule has 3 nitrogen and oxygen atoms in total. The molecule has 0 unspecified atom stereocenters. The third-order valence-electron chi connectivity index (χ3n) is 3.00. The number of carbonyl (C=O) groups is 1. The van der Waals surface area contributed by atoms with Crippen LogP contribution in [-0.4, -0.2) is 24.8 Å². The minimum absolute atomic E-state index is 0.0617. The van der Waals surface area contributed by atoms with Gasteiger partial charge in [0.2, 0.25) is 0 Å². The van der Waals surface area contributed by atoms with Crippen molar-refractivity contribution in [3.63, 3.8) is 0 Å². The molecule has 0 aromatic carbocycles. The van der Waals surface area contributed by atoms with Crippen molar-refractivity contribution in [2.45, 2.75) is 64.6 Å². The van der Waals surface area contributed by atoms with E-state index in [9.17, 15) is 4.79 Å². The first kappa shape index (κ1) is 13.5. The van der Waals surface area contributed by atoms with Crippen molar-refractivity contribution < 1.29 is 14.3 Å². The normalized spacial score (nSPS) is 26.5. The van der Waals surface area contributed by atoms with E-state index in [1.54, 1.807) is 7.11 Å². The first-order valence-corrected chi connectivity index (χ1v) is 6.15. The quantitative estimate of drug-likeness (QED) is 0.697. The zero-order valence-electron chi connectivity index (χ0n) is 10.9. The molecular weight excluding hydrogens is 204 g/mol. The van der Waals surface area contributed by atoms with Crippen LogP contribution in [-0.2, 0) is 14.3 Å². The molecule has 0 saturated heterocycles. The maximum Gasteiger partial charge on any atom is 0.306 e. The van der Waals surface area contributed by atoms with Crippen LogP contribution in [0.1, 0.15) is 52.9 Å². The molecule has 94 valence electrons. The molecule has 0 heterocycles. The van der Waals surface area contributed by atoms with E-state index in [2.05, 4.69) is 0 Å². The fourth-order valence-corrected chi connectivity index (χ4v) is 2.19. The molecule has 0 amide bonds. The largest absolute Gasteiger partial charge is 0.460 e. The van der Waals surface area contributed by atoms with Crippen LogP contribution < -0.4 is 0 Å². The standard InChI is InChI=1S/C13H24O3/c1-13(2,3)16-12(14)9-10-5-7-11(15-4)8-6-10/h10-11H,5-9H2,1-4H3. The first-order valence-electron chi connectivity index (χ1n) is 6.15. The minimum atomic E-state index is -0.360. The maximum atomic E-state index is 11.6. The van der Waals surface area contributed by atoms with Crippen LogP contribution >= 0.6 is 0 Å². The Labute approximate surface area is 98.5 Å². The van der Waals surface area contributed by atoms with Gasteiger partial charge in [-0.05, 0) is 52.4 Å². The molecule has 1 rings (SSSR count). The molecule has 3 heteroatoms. The van der Waals surface area contributed by atoms with Gasteiger partial charge in [-0.15, -0.1) is 0 Å². The highest BCUT2D eigenvalue weighted by molar-refractivity contribution is 5.70. The van der Waals surface area contributed by atoms with E-state index < -0.39 is 0 Å². The number of carbonyl (C=O) groups excluding carboxylic acids is 1. The van der Waals surface area contributed by atoms with Gasteiger partial charge in [0, 0.05) is 13.5 Å². The topological polar surface area (TPSA) is 35.5 Å². The fraction of sp³-hybridized carbons (Fsp3) is 0.923. The highest BCUT2D eigenvalue weighted by Crippen LogP contribution is 2.28. The lowest BCUT2D eigenvalue weighted by atomic mass is 9.85. The minimum Gasteiger partial charge on any atom is -0.460 e. The summed E-state index contributed by atoms with van der Waals surface area (Å²) >= 11 is 0. The van der Waals surface area contributed by atoms with Crippen molar-refractivity contribution in [3.8, 4) is 0 Å². The van der Waals surface area contributed by atoms with Crippen LogP contribution in [0.5, 0.6) is 0 Å². The summed E-state index contributed by atoms with van der Waals surface area (Å²) in [5.74, 6) is 0.426. The molecule has 0 aromatic rings. The maximum absolute atomic E-state index is 11.6. The van der Waals surface area contributed by atoms with Gasteiger partial charge in [0.05, 0.1) is 6.10 Å². The Balaban J connectivity index is 2.26. The molecule has 1 aliphatic carbocycles. The van der Waals surface area contributed by atoms with Crippen molar-refractivity contribution in [1.82, 2.24) is 0 Å². The van der Waals surface area contributed by atoms with Crippen LogP contribution in [0.3, 0.4) is 0 Å². The summed E-state index contributed by atoms with van der Waals surface area (Å²) in [6, 6.07) is 0. The van der Waals surface area contributed by atoms with Crippen molar-refractivity contribution in [2.75, 3.05) is 7.11 Å². The molecule has 0 radical (unpaired) electrons. The third-order valence-corrected chi connectivity index (χ3v) is 3.00. The second kappa shape index (κ2) is 5.67. The van der Waals surface area contributed by atoms with E-state index in [0.717, 1.165) is 25.7 Å². The van der Waals surface area contributed by atoms with Gasteiger partial charge in [0.25, 0.3) is 0 Å². The molecule has 16 heavy (non-hydrogen) atoms. The monoisotopic (exact) mass is 228 g/mol. The Morgan fingerprint density at radius 3 is 2.19 bits per heavy atom. The predicted molar refractivity (Wildman–Crippen MR) is 63.2 cm³/mol. The van der Waals surface area contributed by atoms with Crippen LogP contribution in [0.4, 0.5) is 0 Å². The molecular formula is C13H24O3. The molecule has 0 aliphatic heterocycles. The van der Waals surface area contributed by atoms with Gasteiger partial charge in [0.15, 0.2) is 0 Å². The fourth-order valence-electron chi connectivity index (χ4n) is 2.19. The third kappa shape index (κ3) is 4.97. The van der Waals surface area contributed by atoms with Gasteiger partial charge in [-0.1, -0.05) is 0 Å². The van der Waals surface area contributed by atoms with Gasteiger partial charge >= 0.3 is 5.97 Å². The van der Waals surface area contributed by atoms with Crippen LogP contribution in [0.15, 0.2) is 0 Å². The van der Waals surface area contributed by atoms with Gasteiger partial charge in [-0.3, -0.25) is 4.79 Å². The number of esters is 1. The number of hydrogen-bond acceptors (Lipinski definition) is 3. The van der Waals surface area contributed by atoms with Gasteiger partial charge < -0.3 is 9.47 Å². The number of ether oxygens (including phenoxy) is 2. The summed E-state index contributed by atoms with van der Waals surface area (Å²) in [6.45, 7) is 5.73. The van der Waals surface area contributed by atoms with E-state index in [1.807, 2.05) is 20.8 Å². The van der Waals surface area contributed by atoms with Crippen molar-refractivity contribution in [3.05, 3.63) is 0 Å². The van der Waals surface area contributed by atoms with Crippen LogP contribution in [0.25, 0.3) is 0 Å². The average Bonchev–Trinajstić information content (AvgIpc) is 2.16. The van der Waals surface area contributed by atoms with Crippen LogP contribution in [0.2, 0.25) is 0 Å². The summed E-state index contributed by atoms with van der Waals surface area (Å²) in [6.07, 6.45) is 5.27. The lowest BCUT2D eigenvalue weighted by Crippen LogP contribution is -2.27. The summed E-state index contributed by atoms with van der Waals surface area (Å²) in [4.78, 5) is 11.6. The molecule has 0 atom stereocenters. The zero-order valence-corrected chi connectivity index (χ0v) is 10.9. The molecule has 1 saturated carbocycles. The van der Waals surface area contributed by atoms with Gasteiger partial charge in [-0.25, -0.2) is 0 Å². The van der Waals surface area contributed by atoms with Gasteiger partial charge in [0.1, 0.15) is 5.60 Å². The number of hydrogen-bond donors (Lipinski definition) is 0. The Morgan fingerprint density at radius 1 is 1.19 bits per heavy atom. The summed E-state index contributed by atoms with van der Waals surface area (Å²) in [5, 5.41) is 0. The highest BCUT2D eigenvalue weighted by Gasteiger charge is 2.25. The smallest absolute Gasteiger partial charge is 0.306 e. The van der Waals surface area contributed by atoms with Crippen molar-refractivity contribution in [1.29, 1.82) is 0 Å². The average molecular weight is 228 g/mol. The SMILES string of the molecule is COC1CCC(CC(=O)OC(C)(C)C)CC1. The highest BCUT2D eigenvalue weighted by atomic mass is 16.6. The van der Waals surface area contributed by atoms with E-state index in [4.69, 9.17) is 9.47 Å². The molecule has 1 fully saturated rings. The summed E-state index contributed by atoms with van der Waals surface area (Å²) in [7, 11) is 1.76. The molecule has 0 aromatic heterocycles. The zero-order chi connectivity index (χ0) is 12.2. The second-order valence-electron chi connectivity index (χ2n) is 5.67. The van der Waals surface area contributed by atoms with E-state index >= 15 is 0 Å². The molecule has 1 aliphatic rings. The lowest BCUT2D eigenvalue weighted by Gasteiger charge is -2.28. The predicted octanol–water partition coefficient (Wildman–Crippen LogP) is 2.92. The Morgan fingerprint density at radius 2 is 1.75 bits per heavy atom. The summed E-state index contributed by atoms with van der Waals surface area (Å²) < 4.78 is 10.6. The number of methoxy groups -OCH3 is 1. The Hall–Kier alpha value is -0.570. The van der Waals surface area contributed by atoms with Gasteiger partial charge in [-0.2, -0.15) is 0 Å². The van der Waals surface area contributed by atoms with Crippen LogP contribution in [0, 0.1) is 5.92 Å².